The molecule has 0 aliphatic heterocycles. The maximum absolute atomic E-state index is 12.0. The van der Waals surface area contributed by atoms with E-state index < -0.39 is 17.9 Å². The smallest absolute Gasteiger partial charge is 0.328 e. The van der Waals surface area contributed by atoms with Crippen LogP contribution in [0.25, 0.3) is 0 Å². The molecule has 1 rings (SSSR count). The minimum Gasteiger partial charge on any atom is -0.467 e. The zero-order valence-corrected chi connectivity index (χ0v) is 14.5. The molecule has 1 aromatic carbocycles. The lowest BCUT2D eigenvalue weighted by Crippen LogP contribution is -2.43. The summed E-state index contributed by atoms with van der Waals surface area (Å²) in [5, 5.41) is 11.1. The number of hydrogen-bond acceptors (Lipinski definition) is 5. The zero-order valence-electron chi connectivity index (χ0n) is 14.5. The standard InChI is InChI=1S/C18H26N2O5/c1-25-18(23)15(13-14-9-5-4-6-10-14)19-16(21)11-7-2-3-8-12-17(22)20-24/h4-6,9-10,15,24H,2-3,7-8,11-13H2,1H3,(H,19,21)(H,20,22). The van der Waals surface area contributed by atoms with Crippen LogP contribution >= 0.6 is 0 Å². The predicted octanol–water partition coefficient (Wildman–Crippen LogP) is 1.73. The second kappa shape index (κ2) is 12.0. The van der Waals surface area contributed by atoms with Crippen molar-refractivity contribution in [2.75, 3.05) is 7.11 Å². The first kappa shape index (κ1) is 20.6. The number of carbonyl (C=O) groups is 3. The van der Waals surface area contributed by atoms with Gasteiger partial charge < -0.3 is 10.1 Å². The Morgan fingerprint density at radius 2 is 1.60 bits per heavy atom. The SMILES string of the molecule is COC(=O)C(Cc1ccccc1)NC(=O)CCCCCCC(=O)NO. The molecule has 2 amide bonds. The molecule has 0 spiro atoms. The molecule has 0 radical (unpaired) electrons. The van der Waals surface area contributed by atoms with Gasteiger partial charge in [-0.1, -0.05) is 43.2 Å². The number of rotatable bonds is 11. The van der Waals surface area contributed by atoms with Crippen LogP contribution in [-0.2, 0) is 25.5 Å². The first-order chi connectivity index (χ1) is 12.1. The van der Waals surface area contributed by atoms with Gasteiger partial charge in [0.15, 0.2) is 0 Å². The number of carbonyl (C=O) groups excluding carboxylic acids is 3. The molecule has 1 atom stereocenters. The molecule has 3 N–H and O–H groups in total. The minimum atomic E-state index is -0.701. The van der Waals surface area contributed by atoms with Gasteiger partial charge in [-0.25, -0.2) is 10.3 Å². The number of benzene rings is 1. The highest BCUT2D eigenvalue weighted by Crippen LogP contribution is 2.08. The van der Waals surface area contributed by atoms with Gasteiger partial charge in [-0.15, -0.1) is 0 Å². The topological polar surface area (TPSA) is 105 Å². The Morgan fingerprint density at radius 3 is 2.16 bits per heavy atom. The van der Waals surface area contributed by atoms with Crippen LogP contribution in [0.5, 0.6) is 0 Å². The van der Waals surface area contributed by atoms with Crippen molar-refractivity contribution in [1.82, 2.24) is 10.8 Å². The number of esters is 1. The second-order valence-electron chi connectivity index (χ2n) is 5.78. The highest BCUT2D eigenvalue weighted by Gasteiger charge is 2.21. The van der Waals surface area contributed by atoms with E-state index in [1.807, 2.05) is 30.3 Å². The molecule has 0 saturated carbocycles. The fourth-order valence-corrected chi connectivity index (χ4v) is 2.43. The Hall–Kier alpha value is -2.41. The first-order valence-electron chi connectivity index (χ1n) is 8.41. The molecule has 7 nitrogen and oxygen atoms in total. The quantitative estimate of drug-likeness (QED) is 0.244. The number of amides is 2. The molecule has 7 heteroatoms. The van der Waals surface area contributed by atoms with Crippen LogP contribution < -0.4 is 10.8 Å². The van der Waals surface area contributed by atoms with E-state index in [2.05, 4.69) is 5.32 Å². The Kier molecular flexibility index (Phi) is 9.92. The molecular formula is C18H26N2O5. The average molecular weight is 350 g/mol. The van der Waals surface area contributed by atoms with Crippen molar-refractivity contribution in [3.63, 3.8) is 0 Å². The van der Waals surface area contributed by atoms with Gasteiger partial charge in [0, 0.05) is 19.3 Å². The molecule has 0 saturated heterocycles. The third-order valence-corrected chi connectivity index (χ3v) is 3.79. The number of unbranched alkanes of at least 4 members (excludes halogenated alkanes) is 3. The van der Waals surface area contributed by atoms with Crippen molar-refractivity contribution >= 4 is 17.8 Å². The van der Waals surface area contributed by atoms with Crippen molar-refractivity contribution in [2.24, 2.45) is 0 Å². The van der Waals surface area contributed by atoms with E-state index >= 15 is 0 Å². The van der Waals surface area contributed by atoms with Gasteiger partial charge in [-0.05, 0) is 18.4 Å². The van der Waals surface area contributed by atoms with E-state index in [1.54, 1.807) is 5.48 Å². The maximum atomic E-state index is 12.0. The van der Waals surface area contributed by atoms with Crippen LogP contribution in [0, 0.1) is 0 Å². The predicted molar refractivity (Wildman–Crippen MR) is 91.7 cm³/mol. The van der Waals surface area contributed by atoms with E-state index in [9.17, 15) is 14.4 Å². The summed E-state index contributed by atoms with van der Waals surface area (Å²) in [6.07, 6.45) is 3.89. The fourth-order valence-electron chi connectivity index (χ4n) is 2.43. The molecule has 25 heavy (non-hydrogen) atoms. The van der Waals surface area contributed by atoms with Gasteiger partial charge in [0.2, 0.25) is 11.8 Å². The van der Waals surface area contributed by atoms with Crippen LogP contribution in [0.15, 0.2) is 30.3 Å². The Morgan fingerprint density at radius 1 is 1.00 bits per heavy atom. The summed E-state index contributed by atoms with van der Waals surface area (Å²) < 4.78 is 4.76. The molecule has 0 heterocycles. The molecule has 138 valence electrons. The van der Waals surface area contributed by atoms with Gasteiger partial charge in [-0.3, -0.25) is 14.8 Å². The summed E-state index contributed by atoms with van der Waals surface area (Å²) in [4.78, 5) is 34.7. The number of hydroxylamine groups is 1. The normalized spacial score (nSPS) is 11.4. The van der Waals surface area contributed by atoms with E-state index in [4.69, 9.17) is 9.94 Å². The molecule has 1 unspecified atom stereocenters. The van der Waals surface area contributed by atoms with Gasteiger partial charge in [0.05, 0.1) is 7.11 Å². The molecule has 0 aliphatic rings. The van der Waals surface area contributed by atoms with E-state index in [1.165, 1.54) is 7.11 Å². The Labute approximate surface area is 147 Å². The molecule has 0 aliphatic carbocycles. The summed E-state index contributed by atoms with van der Waals surface area (Å²) in [7, 11) is 1.30. The van der Waals surface area contributed by atoms with Crippen LogP contribution in [0.3, 0.4) is 0 Å². The summed E-state index contributed by atoms with van der Waals surface area (Å²) in [6.45, 7) is 0. The molecule has 0 fully saturated rings. The highest BCUT2D eigenvalue weighted by atomic mass is 16.5. The third kappa shape index (κ3) is 8.85. The maximum Gasteiger partial charge on any atom is 0.328 e. The lowest BCUT2D eigenvalue weighted by molar-refractivity contribution is -0.145. The molecule has 0 aromatic heterocycles. The lowest BCUT2D eigenvalue weighted by Gasteiger charge is -2.16. The second-order valence-corrected chi connectivity index (χ2v) is 5.78. The lowest BCUT2D eigenvalue weighted by atomic mass is 10.1. The van der Waals surface area contributed by atoms with Gasteiger partial charge in [-0.2, -0.15) is 0 Å². The number of nitrogens with one attached hydrogen (secondary N) is 2. The van der Waals surface area contributed by atoms with Gasteiger partial charge >= 0.3 is 5.97 Å². The van der Waals surface area contributed by atoms with Gasteiger partial charge in [0.1, 0.15) is 6.04 Å². The van der Waals surface area contributed by atoms with Crippen LogP contribution in [0.4, 0.5) is 0 Å². The van der Waals surface area contributed by atoms with Crippen molar-refractivity contribution in [3.8, 4) is 0 Å². The number of hydrogen-bond donors (Lipinski definition) is 3. The third-order valence-electron chi connectivity index (χ3n) is 3.79. The number of ether oxygens (including phenoxy) is 1. The zero-order chi connectivity index (χ0) is 18.5. The minimum absolute atomic E-state index is 0.195. The van der Waals surface area contributed by atoms with Crippen molar-refractivity contribution in [3.05, 3.63) is 35.9 Å². The fraction of sp³-hybridized carbons (Fsp3) is 0.500. The van der Waals surface area contributed by atoms with Crippen LogP contribution in [0.1, 0.15) is 44.1 Å². The monoisotopic (exact) mass is 350 g/mol. The van der Waals surface area contributed by atoms with Crippen molar-refractivity contribution < 1.29 is 24.3 Å². The number of methoxy groups -OCH3 is 1. The molecule has 0 bridgehead atoms. The summed E-state index contributed by atoms with van der Waals surface area (Å²) in [5.41, 5.74) is 2.53. The summed E-state index contributed by atoms with van der Waals surface area (Å²) in [5.74, 6) is -1.06. The van der Waals surface area contributed by atoms with Crippen molar-refractivity contribution in [1.29, 1.82) is 0 Å². The molecule has 1 aromatic rings. The average Bonchev–Trinajstić information content (AvgIpc) is 2.63. The Balaban J connectivity index is 2.32. The van der Waals surface area contributed by atoms with E-state index in [-0.39, 0.29) is 12.3 Å². The largest absolute Gasteiger partial charge is 0.467 e. The van der Waals surface area contributed by atoms with Crippen LogP contribution in [0.2, 0.25) is 0 Å². The Bertz CT molecular complexity index is 548. The van der Waals surface area contributed by atoms with E-state index in [0.717, 1.165) is 18.4 Å². The highest BCUT2D eigenvalue weighted by molar-refractivity contribution is 5.84. The summed E-state index contributed by atoms with van der Waals surface area (Å²) in [6, 6.07) is 8.73. The summed E-state index contributed by atoms with van der Waals surface area (Å²) >= 11 is 0. The van der Waals surface area contributed by atoms with Crippen molar-refractivity contribution in [2.45, 2.75) is 51.0 Å². The van der Waals surface area contributed by atoms with Crippen LogP contribution in [-0.4, -0.2) is 36.1 Å². The van der Waals surface area contributed by atoms with Gasteiger partial charge in [0.25, 0.3) is 0 Å². The van der Waals surface area contributed by atoms with E-state index in [0.29, 0.717) is 25.7 Å². The first-order valence-corrected chi connectivity index (χ1v) is 8.41. The molecular weight excluding hydrogens is 324 g/mol.